The maximum Gasteiger partial charge on any atom is 0.133 e. The lowest BCUT2D eigenvalue weighted by atomic mass is 10.3. The molecular weight excluding hydrogens is 274 g/mol. The van der Waals surface area contributed by atoms with Gasteiger partial charge in [-0.3, -0.25) is 0 Å². The number of hydrogen-bond donors (Lipinski definition) is 1. The summed E-state index contributed by atoms with van der Waals surface area (Å²) >= 11 is 3.40. The van der Waals surface area contributed by atoms with Gasteiger partial charge in [0, 0.05) is 6.54 Å². The summed E-state index contributed by atoms with van der Waals surface area (Å²) in [5, 5.41) is 0. The highest BCUT2D eigenvalue weighted by molar-refractivity contribution is 9.10. The molecule has 0 aromatic heterocycles. The molecule has 4 nitrogen and oxygen atoms in total. The predicted molar refractivity (Wildman–Crippen MR) is 66.1 cm³/mol. The molecule has 0 atom stereocenters. The van der Waals surface area contributed by atoms with E-state index in [2.05, 4.69) is 15.9 Å². The summed E-state index contributed by atoms with van der Waals surface area (Å²) in [6, 6.07) is 5.56. The minimum atomic E-state index is 0.505. The number of hydrogen-bond acceptors (Lipinski definition) is 4. The van der Waals surface area contributed by atoms with Crippen molar-refractivity contribution < 1.29 is 14.2 Å². The first-order valence-corrected chi connectivity index (χ1v) is 5.81. The van der Waals surface area contributed by atoms with E-state index in [0.29, 0.717) is 26.4 Å². The van der Waals surface area contributed by atoms with Gasteiger partial charge < -0.3 is 19.9 Å². The molecule has 0 radical (unpaired) electrons. The van der Waals surface area contributed by atoms with Crippen molar-refractivity contribution >= 4 is 15.9 Å². The Kier molecular flexibility index (Phi) is 6.22. The first-order chi connectivity index (χ1) is 7.77. The third kappa shape index (κ3) is 4.38. The van der Waals surface area contributed by atoms with Gasteiger partial charge in [0.2, 0.25) is 0 Å². The van der Waals surface area contributed by atoms with Crippen LogP contribution in [0.15, 0.2) is 22.7 Å². The Balaban J connectivity index is 2.36. The molecule has 0 saturated heterocycles. The number of ether oxygens (including phenoxy) is 3. The van der Waals surface area contributed by atoms with Crippen LogP contribution in [-0.2, 0) is 4.74 Å². The van der Waals surface area contributed by atoms with Crippen molar-refractivity contribution in [1.29, 1.82) is 0 Å². The molecule has 0 aliphatic carbocycles. The van der Waals surface area contributed by atoms with E-state index in [4.69, 9.17) is 19.9 Å². The second-order valence-electron chi connectivity index (χ2n) is 3.05. The van der Waals surface area contributed by atoms with Gasteiger partial charge in [0.1, 0.15) is 18.1 Å². The highest BCUT2D eigenvalue weighted by Crippen LogP contribution is 2.28. The summed E-state index contributed by atoms with van der Waals surface area (Å²) in [5.74, 6) is 1.57. The first kappa shape index (κ1) is 13.3. The van der Waals surface area contributed by atoms with Gasteiger partial charge >= 0.3 is 0 Å². The Morgan fingerprint density at radius 3 is 2.69 bits per heavy atom. The molecule has 5 heteroatoms. The smallest absolute Gasteiger partial charge is 0.133 e. The SMILES string of the molecule is COc1ccc(OCCOCCN)c(Br)c1. The fraction of sp³-hybridized carbons (Fsp3) is 0.455. The standard InChI is InChI=1S/C11H16BrNO3/c1-14-9-2-3-11(10(12)8-9)16-7-6-15-5-4-13/h2-3,8H,4-7,13H2,1H3. The van der Waals surface area contributed by atoms with Crippen molar-refractivity contribution in [2.75, 3.05) is 33.5 Å². The zero-order valence-corrected chi connectivity index (χ0v) is 10.8. The maximum atomic E-state index is 5.51. The van der Waals surface area contributed by atoms with Crippen LogP contribution in [0.5, 0.6) is 11.5 Å². The second-order valence-corrected chi connectivity index (χ2v) is 3.90. The summed E-state index contributed by atoms with van der Waals surface area (Å²) in [6.45, 7) is 2.14. The summed E-state index contributed by atoms with van der Waals surface area (Å²) in [7, 11) is 1.63. The molecule has 1 aromatic carbocycles. The lowest BCUT2D eigenvalue weighted by Gasteiger charge is -2.09. The van der Waals surface area contributed by atoms with Gasteiger partial charge in [-0.15, -0.1) is 0 Å². The van der Waals surface area contributed by atoms with Gasteiger partial charge in [-0.25, -0.2) is 0 Å². The molecule has 2 N–H and O–H groups in total. The molecule has 1 rings (SSSR count). The van der Waals surface area contributed by atoms with Crippen LogP contribution >= 0.6 is 15.9 Å². The first-order valence-electron chi connectivity index (χ1n) is 5.02. The molecule has 1 aromatic rings. The zero-order valence-electron chi connectivity index (χ0n) is 9.24. The molecular formula is C11H16BrNO3. The average molecular weight is 290 g/mol. The normalized spacial score (nSPS) is 10.2. The number of methoxy groups -OCH3 is 1. The van der Waals surface area contributed by atoms with Crippen LogP contribution in [0.1, 0.15) is 0 Å². The Labute approximate surface area is 104 Å². The van der Waals surface area contributed by atoms with E-state index in [1.54, 1.807) is 7.11 Å². The van der Waals surface area contributed by atoms with E-state index in [9.17, 15) is 0 Å². The molecule has 0 aliphatic heterocycles. The topological polar surface area (TPSA) is 53.7 Å². The predicted octanol–water partition coefficient (Wildman–Crippen LogP) is 1.81. The second kappa shape index (κ2) is 7.49. The van der Waals surface area contributed by atoms with Gasteiger partial charge in [0.05, 0.1) is 24.8 Å². The van der Waals surface area contributed by atoms with Gasteiger partial charge in [-0.1, -0.05) is 0 Å². The fourth-order valence-electron chi connectivity index (χ4n) is 1.12. The minimum absolute atomic E-state index is 0.505. The number of rotatable bonds is 7. The molecule has 0 bridgehead atoms. The number of nitrogens with two attached hydrogens (primary N) is 1. The van der Waals surface area contributed by atoms with Gasteiger partial charge in [-0.05, 0) is 34.1 Å². The fourth-order valence-corrected chi connectivity index (χ4v) is 1.59. The maximum absolute atomic E-state index is 5.51. The van der Waals surface area contributed by atoms with Gasteiger partial charge in [0.25, 0.3) is 0 Å². The Bertz CT molecular complexity index is 320. The summed E-state index contributed by atoms with van der Waals surface area (Å²) in [4.78, 5) is 0. The molecule has 16 heavy (non-hydrogen) atoms. The number of halogens is 1. The molecule has 0 fully saturated rings. The van der Waals surface area contributed by atoms with Crippen LogP contribution in [0.4, 0.5) is 0 Å². The van der Waals surface area contributed by atoms with Crippen LogP contribution in [0.2, 0.25) is 0 Å². The molecule has 0 aliphatic rings. The average Bonchev–Trinajstić information content (AvgIpc) is 2.30. The van der Waals surface area contributed by atoms with Gasteiger partial charge in [0.15, 0.2) is 0 Å². The van der Waals surface area contributed by atoms with E-state index in [1.807, 2.05) is 18.2 Å². The van der Waals surface area contributed by atoms with Crippen molar-refractivity contribution in [3.05, 3.63) is 22.7 Å². The third-order valence-corrected chi connectivity index (χ3v) is 2.51. The molecule has 0 spiro atoms. The van der Waals surface area contributed by atoms with E-state index in [0.717, 1.165) is 16.0 Å². The molecule has 0 unspecified atom stereocenters. The molecule has 0 amide bonds. The highest BCUT2D eigenvalue weighted by atomic mass is 79.9. The monoisotopic (exact) mass is 289 g/mol. The summed E-state index contributed by atoms with van der Waals surface area (Å²) < 4.78 is 16.7. The Morgan fingerprint density at radius 1 is 1.25 bits per heavy atom. The number of benzene rings is 1. The van der Waals surface area contributed by atoms with Crippen LogP contribution in [0, 0.1) is 0 Å². The van der Waals surface area contributed by atoms with E-state index in [-0.39, 0.29) is 0 Å². The van der Waals surface area contributed by atoms with Crippen LogP contribution in [0.3, 0.4) is 0 Å². The summed E-state index contributed by atoms with van der Waals surface area (Å²) in [6.07, 6.45) is 0. The van der Waals surface area contributed by atoms with Crippen LogP contribution < -0.4 is 15.2 Å². The van der Waals surface area contributed by atoms with Crippen molar-refractivity contribution in [3.63, 3.8) is 0 Å². The largest absolute Gasteiger partial charge is 0.497 e. The van der Waals surface area contributed by atoms with E-state index in [1.165, 1.54) is 0 Å². The Hall–Kier alpha value is -0.780. The van der Waals surface area contributed by atoms with Crippen LogP contribution in [-0.4, -0.2) is 33.5 Å². The Morgan fingerprint density at radius 2 is 2.06 bits per heavy atom. The molecule has 90 valence electrons. The molecule has 0 saturated carbocycles. The highest BCUT2D eigenvalue weighted by Gasteiger charge is 2.02. The molecule has 0 heterocycles. The van der Waals surface area contributed by atoms with Crippen molar-refractivity contribution in [1.82, 2.24) is 0 Å². The van der Waals surface area contributed by atoms with E-state index < -0.39 is 0 Å². The van der Waals surface area contributed by atoms with Crippen molar-refractivity contribution in [2.24, 2.45) is 5.73 Å². The summed E-state index contributed by atoms with van der Waals surface area (Å²) in [5.41, 5.74) is 5.29. The van der Waals surface area contributed by atoms with Crippen LogP contribution in [0.25, 0.3) is 0 Å². The lowest BCUT2D eigenvalue weighted by Crippen LogP contribution is -2.13. The van der Waals surface area contributed by atoms with Crippen molar-refractivity contribution in [2.45, 2.75) is 0 Å². The quantitative estimate of drug-likeness (QED) is 0.778. The minimum Gasteiger partial charge on any atom is -0.497 e. The van der Waals surface area contributed by atoms with Gasteiger partial charge in [-0.2, -0.15) is 0 Å². The van der Waals surface area contributed by atoms with E-state index >= 15 is 0 Å². The van der Waals surface area contributed by atoms with Crippen molar-refractivity contribution in [3.8, 4) is 11.5 Å². The third-order valence-electron chi connectivity index (χ3n) is 1.89. The lowest BCUT2D eigenvalue weighted by molar-refractivity contribution is 0.105. The zero-order chi connectivity index (χ0) is 11.8.